The van der Waals surface area contributed by atoms with Crippen molar-refractivity contribution in [3.63, 3.8) is 0 Å². The summed E-state index contributed by atoms with van der Waals surface area (Å²) < 4.78 is 8.38. The Balaban J connectivity index is 1.71. The molecule has 0 aliphatic rings. The van der Waals surface area contributed by atoms with Crippen LogP contribution in [0, 0.1) is 0 Å². The van der Waals surface area contributed by atoms with Crippen molar-refractivity contribution in [3.05, 3.63) is 53.0 Å². The van der Waals surface area contributed by atoms with Crippen LogP contribution < -0.4 is 10.1 Å². The maximum atomic E-state index is 12.2. The summed E-state index contributed by atoms with van der Waals surface area (Å²) in [5.41, 5.74) is 1.64. The van der Waals surface area contributed by atoms with Crippen molar-refractivity contribution in [1.29, 1.82) is 0 Å². The van der Waals surface area contributed by atoms with Gasteiger partial charge < -0.3 is 14.6 Å². The lowest BCUT2D eigenvalue weighted by atomic mass is 10.2. The van der Waals surface area contributed by atoms with Crippen LogP contribution in [0.5, 0.6) is 5.75 Å². The summed E-state index contributed by atoms with van der Waals surface area (Å²) >= 11 is 4.74. The van der Waals surface area contributed by atoms with Crippen LogP contribution >= 0.6 is 27.7 Å². The molecule has 0 bridgehead atoms. The van der Waals surface area contributed by atoms with E-state index in [1.165, 1.54) is 11.8 Å². The van der Waals surface area contributed by atoms with Crippen molar-refractivity contribution in [2.75, 3.05) is 18.2 Å². The molecule has 27 heavy (non-hydrogen) atoms. The monoisotopic (exact) mass is 446 g/mol. The van der Waals surface area contributed by atoms with Gasteiger partial charge in [-0.25, -0.2) is 0 Å². The van der Waals surface area contributed by atoms with Gasteiger partial charge in [0.15, 0.2) is 11.0 Å². The van der Waals surface area contributed by atoms with Gasteiger partial charge in [0.25, 0.3) is 0 Å². The van der Waals surface area contributed by atoms with E-state index in [1.54, 1.807) is 7.11 Å². The number of carbonyl (C=O) groups is 1. The molecule has 0 fully saturated rings. The van der Waals surface area contributed by atoms with E-state index < -0.39 is 0 Å². The molecule has 3 aromatic rings. The quantitative estimate of drug-likeness (QED) is 0.542. The van der Waals surface area contributed by atoms with Crippen molar-refractivity contribution < 1.29 is 9.53 Å². The highest BCUT2D eigenvalue weighted by Gasteiger charge is 2.17. The third kappa shape index (κ3) is 4.70. The number of nitrogens with one attached hydrogen (secondary N) is 1. The molecule has 6 nitrogen and oxygen atoms in total. The molecule has 0 radical (unpaired) electrons. The number of thioether (sulfide) groups is 1. The molecule has 0 saturated carbocycles. The summed E-state index contributed by atoms with van der Waals surface area (Å²) in [5, 5.41) is 12.2. The zero-order chi connectivity index (χ0) is 19.2. The largest absolute Gasteiger partial charge is 0.496 e. The second-order valence-electron chi connectivity index (χ2n) is 5.59. The highest BCUT2D eigenvalue weighted by atomic mass is 79.9. The standard InChI is InChI=1S/C19H19BrN4O2S/c1-3-24-18(15-6-4-5-7-16(15)26-2)22-23-19(24)27-12-17(25)21-14-10-8-13(20)9-11-14/h4-11H,3,12H2,1-2H3,(H,21,25). The van der Waals surface area contributed by atoms with Crippen LogP contribution in [0.2, 0.25) is 0 Å². The van der Waals surface area contributed by atoms with E-state index in [-0.39, 0.29) is 11.7 Å². The first kappa shape index (κ1) is 19.4. The number of halogens is 1. The van der Waals surface area contributed by atoms with Crippen LogP contribution in [0.1, 0.15) is 6.92 Å². The number of hydrogen-bond donors (Lipinski definition) is 1. The van der Waals surface area contributed by atoms with Crippen LogP contribution in [-0.4, -0.2) is 33.5 Å². The third-order valence-electron chi connectivity index (χ3n) is 3.84. The number of para-hydroxylation sites is 1. The first-order valence-corrected chi connectivity index (χ1v) is 10.1. The number of hydrogen-bond acceptors (Lipinski definition) is 5. The van der Waals surface area contributed by atoms with Crippen LogP contribution in [0.25, 0.3) is 11.4 Å². The molecule has 1 aromatic heterocycles. The highest BCUT2D eigenvalue weighted by molar-refractivity contribution is 9.10. The number of nitrogens with zero attached hydrogens (tertiary/aromatic N) is 3. The number of carbonyl (C=O) groups excluding carboxylic acids is 1. The first-order chi connectivity index (χ1) is 13.1. The summed E-state index contributed by atoms with van der Waals surface area (Å²) in [6, 6.07) is 15.2. The molecule has 2 aromatic carbocycles. The number of rotatable bonds is 7. The van der Waals surface area contributed by atoms with Crippen molar-refractivity contribution in [3.8, 4) is 17.1 Å². The van der Waals surface area contributed by atoms with Gasteiger partial charge in [-0.3, -0.25) is 4.79 Å². The summed E-state index contributed by atoms with van der Waals surface area (Å²) in [7, 11) is 1.63. The zero-order valence-electron chi connectivity index (χ0n) is 15.0. The lowest BCUT2D eigenvalue weighted by Gasteiger charge is -2.10. The number of aromatic nitrogens is 3. The van der Waals surface area contributed by atoms with E-state index in [4.69, 9.17) is 4.74 Å². The summed E-state index contributed by atoms with van der Waals surface area (Å²) in [4.78, 5) is 12.2. The van der Waals surface area contributed by atoms with Gasteiger partial charge in [-0.15, -0.1) is 10.2 Å². The number of methoxy groups -OCH3 is 1. The summed E-state index contributed by atoms with van der Waals surface area (Å²) in [5.74, 6) is 1.63. The van der Waals surface area contributed by atoms with Crippen molar-refractivity contribution in [1.82, 2.24) is 14.8 Å². The maximum Gasteiger partial charge on any atom is 0.234 e. The normalized spacial score (nSPS) is 10.6. The second-order valence-corrected chi connectivity index (χ2v) is 7.45. The fraction of sp³-hybridized carbons (Fsp3) is 0.211. The van der Waals surface area contributed by atoms with Crippen molar-refractivity contribution in [2.45, 2.75) is 18.6 Å². The molecule has 0 atom stereocenters. The van der Waals surface area contributed by atoms with Crippen LogP contribution in [-0.2, 0) is 11.3 Å². The molecule has 0 aliphatic carbocycles. The lowest BCUT2D eigenvalue weighted by molar-refractivity contribution is -0.113. The van der Waals surface area contributed by atoms with Gasteiger partial charge in [-0.1, -0.05) is 39.8 Å². The minimum atomic E-state index is -0.0909. The number of anilines is 1. The molecule has 1 amide bonds. The van der Waals surface area contributed by atoms with Crippen LogP contribution in [0.3, 0.4) is 0 Å². The van der Waals surface area contributed by atoms with E-state index in [1.807, 2.05) is 60.0 Å². The van der Waals surface area contributed by atoms with E-state index in [0.29, 0.717) is 11.7 Å². The highest BCUT2D eigenvalue weighted by Crippen LogP contribution is 2.30. The fourth-order valence-electron chi connectivity index (χ4n) is 2.57. The Morgan fingerprint density at radius 2 is 1.93 bits per heavy atom. The minimum absolute atomic E-state index is 0.0909. The number of ether oxygens (including phenoxy) is 1. The zero-order valence-corrected chi connectivity index (χ0v) is 17.4. The first-order valence-electron chi connectivity index (χ1n) is 8.37. The molecule has 8 heteroatoms. The maximum absolute atomic E-state index is 12.2. The molecule has 0 spiro atoms. The molecule has 0 saturated heterocycles. The number of benzene rings is 2. The lowest BCUT2D eigenvalue weighted by Crippen LogP contribution is -2.14. The van der Waals surface area contributed by atoms with Crippen LogP contribution in [0.4, 0.5) is 5.69 Å². The third-order valence-corrected chi connectivity index (χ3v) is 5.34. The molecule has 1 heterocycles. The summed E-state index contributed by atoms with van der Waals surface area (Å²) in [6.07, 6.45) is 0. The Morgan fingerprint density at radius 3 is 2.63 bits per heavy atom. The second kappa shape index (κ2) is 9.05. The fourth-order valence-corrected chi connectivity index (χ4v) is 3.64. The van der Waals surface area contributed by atoms with Gasteiger partial charge >= 0.3 is 0 Å². The van der Waals surface area contributed by atoms with Gasteiger partial charge in [-0.05, 0) is 43.3 Å². The minimum Gasteiger partial charge on any atom is -0.496 e. The Labute approximate surface area is 170 Å². The Morgan fingerprint density at radius 1 is 1.19 bits per heavy atom. The molecule has 0 unspecified atom stereocenters. The molecule has 0 aliphatic heterocycles. The smallest absolute Gasteiger partial charge is 0.234 e. The average molecular weight is 447 g/mol. The predicted molar refractivity (Wildman–Crippen MR) is 111 cm³/mol. The van der Waals surface area contributed by atoms with Gasteiger partial charge in [-0.2, -0.15) is 0 Å². The predicted octanol–water partition coefficient (Wildman–Crippen LogP) is 4.47. The van der Waals surface area contributed by atoms with E-state index in [2.05, 4.69) is 31.4 Å². The van der Waals surface area contributed by atoms with E-state index in [0.717, 1.165) is 27.3 Å². The number of amides is 1. The van der Waals surface area contributed by atoms with Gasteiger partial charge in [0.05, 0.1) is 18.4 Å². The Bertz CT molecular complexity index is 928. The molecular formula is C19H19BrN4O2S. The van der Waals surface area contributed by atoms with Gasteiger partial charge in [0, 0.05) is 16.7 Å². The molecule has 140 valence electrons. The molecule has 1 N–H and O–H groups in total. The molecule has 3 rings (SSSR count). The summed E-state index contributed by atoms with van der Waals surface area (Å²) in [6.45, 7) is 2.71. The van der Waals surface area contributed by atoms with E-state index in [9.17, 15) is 4.79 Å². The van der Waals surface area contributed by atoms with Crippen molar-refractivity contribution >= 4 is 39.3 Å². The molecular weight excluding hydrogens is 428 g/mol. The Hall–Kier alpha value is -2.32. The van der Waals surface area contributed by atoms with Crippen molar-refractivity contribution in [2.24, 2.45) is 0 Å². The average Bonchev–Trinajstić information content (AvgIpc) is 3.10. The van der Waals surface area contributed by atoms with Crippen LogP contribution in [0.15, 0.2) is 58.2 Å². The van der Waals surface area contributed by atoms with E-state index >= 15 is 0 Å². The Kier molecular flexibility index (Phi) is 6.52. The van der Waals surface area contributed by atoms with Gasteiger partial charge in [0.1, 0.15) is 5.75 Å². The SMILES string of the molecule is CCn1c(SCC(=O)Nc2ccc(Br)cc2)nnc1-c1ccccc1OC. The topological polar surface area (TPSA) is 69.0 Å². The van der Waals surface area contributed by atoms with Gasteiger partial charge in [0.2, 0.25) is 5.91 Å².